The van der Waals surface area contributed by atoms with Crippen LogP contribution in [0.2, 0.25) is 0 Å². The largest absolute Gasteiger partial charge is 0.241 e. The lowest BCUT2D eigenvalue weighted by molar-refractivity contribution is 1.03. The van der Waals surface area contributed by atoms with Gasteiger partial charge in [-0.3, -0.25) is 0 Å². The average molecular weight is 182 g/mol. The van der Waals surface area contributed by atoms with E-state index in [1.165, 1.54) is 6.42 Å². The summed E-state index contributed by atoms with van der Waals surface area (Å²) in [4.78, 5) is 7.94. The number of rotatable bonds is 0. The Bertz CT molecular complexity index is 159. The highest BCUT2D eigenvalue weighted by Crippen LogP contribution is 1.89. The van der Waals surface area contributed by atoms with Crippen LogP contribution in [0.1, 0.15) is 45.5 Å². The average Bonchev–Trinajstić information content (AvgIpc) is 2.15. The van der Waals surface area contributed by atoms with Gasteiger partial charge in [-0.25, -0.2) is 9.97 Å². The molecule has 1 rings (SSSR count). The Kier molecular flexibility index (Phi) is 12.4. The van der Waals surface area contributed by atoms with E-state index in [2.05, 4.69) is 23.8 Å². The number of hydrogen-bond acceptors (Lipinski definition) is 2. The quantitative estimate of drug-likeness (QED) is 0.613. The van der Waals surface area contributed by atoms with Gasteiger partial charge >= 0.3 is 0 Å². The third-order valence-corrected chi connectivity index (χ3v) is 0.910. The third kappa shape index (κ3) is 11.1. The molecule has 0 fully saturated rings. The van der Waals surface area contributed by atoms with E-state index in [1.807, 2.05) is 40.1 Å². The SMILES string of the molecule is CC.CCC.Cc1cnc(C)nc1. The predicted octanol–water partition coefficient (Wildman–Crippen LogP) is 3.54. The van der Waals surface area contributed by atoms with Gasteiger partial charge in [0.15, 0.2) is 0 Å². The van der Waals surface area contributed by atoms with Crippen LogP contribution in [0.15, 0.2) is 12.4 Å². The van der Waals surface area contributed by atoms with Gasteiger partial charge in [-0.1, -0.05) is 34.1 Å². The number of nitrogens with zero attached hydrogens (tertiary/aromatic N) is 2. The molecule has 0 saturated heterocycles. The van der Waals surface area contributed by atoms with Crippen LogP contribution in [0, 0.1) is 13.8 Å². The normalized spacial score (nSPS) is 7.54. The minimum atomic E-state index is 0.829. The van der Waals surface area contributed by atoms with E-state index in [0.29, 0.717) is 0 Å². The fourth-order valence-electron chi connectivity index (χ4n) is 0.457. The fraction of sp³-hybridized carbons (Fsp3) is 0.636. The fourth-order valence-corrected chi connectivity index (χ4v) is 0.457. The first-order chi connectivity index (χ1) is 6.20. The lowest BCUT2D eigenvalue weighted by Gasteiger charge is -1.88. The van der Waals surface area contributed by atoms with Gasteiger partial charge < -0.3 is 0 Å². The van der Waals surface area contributed by atoms with Crippen LogP contribution in [0.3, 0.4) is 0 Å². The summed E-state index contributed by atoms with van der Waals surface area (Å²) in [7, 11) is 0. The summed E-state index contributed by atoms with van der Waals surface area (Å²) < 4.78 is 0. The molecule has 1 aromatic rings. The van der Waals surface area contributed by atoms with Crippen molar-refractivity contribution in [3.63, 3.8) is 0 Å². The Hall–Kier alpha value is -0.920. The topological polar surface area (TPSA) is 25.8 Å². The van der Waals surface area contributed by atoms with Crippen molar-refractivity contribution in [3.05, 3.63) is 23.8 Å². The molecule has 0 saturated carbocycles. The van der Waals surface area contributed by atoms with Crippen molar-refractivity contribution in [1.29, 1.82) is 0 Å². The molecule has 1 heterocycles. The smallest absolute Gasteiger partial charge is 0.125 e. The first-order valence-corrected chi connectivity index (χ1v) is 4.96. The van der Waals surface area contributed by atoms with Gasteiger partial charge in [0.25, 0.3) is 0 Å². The van der Waals surface area contributed by atoms with E-state index in [-0.39, 0.29) is 0 Å². The van der Waals surface area contributed by atoms with Crippen LogP contribution in [-0.4, -0.2) is 9.97 Å². The second-order valence-corrected chi connectivity index (χ2v) is 2.51. The van der Waals surface area contributed by atoms with E-state index in [0.717, 1.165) is 11.4 Å². The first kappa shape index (κ1) is 14.6. The molecule has 0 atom stereocenters. The molecule has 2 heteroatoms. The van der Waals surface area contributed by atoms with E-state index < -0.39 is 0 Å². The Balaban J connectivity index is 0. The van der Waals surface area contributed by atoms with Gasteiger partial charge in [-0.05, 0) is 19.4 Å². The molecule has 76 valence electrons. The molecule has 1 aromatic heterocycles. The number of aryl methyl sites for hydroxylation is 2. The molecule has 0 spiro atoms. The van der Waals surface area contributed by atoms with Gasteiger partial charge in [0.1, 0.15) is 5.82 Å². The number of hydrogen-bond donors (Lipinski definition) is 0. The summed E-state index contributed by atoms with van der Waals surface area (Å²) in [5.41, 5.74) is 1.11. The second kappa shape index (κ2) is 11.1. The van der Waals surface area contributed by atoms with Crippen molar-refractivity contribution in [2.24, 2.45) is 0 Å². The molecule has 0 aliphatic rings. The van der Waals surface area contributed by atoms with Gasteiger partial charge in [0.05, 0.1) is 0 Å². The predicted molar refractivity (Wildman–Crippen MR) is 58.8 cm³/mol. The van der Waals surface area contributed by atoms with E-state index >= 15 is 0 Å². The zero-order valence-corrected chi connectivity index (χ0v) is 9.76. The lowest BCUT2D eigenvalue weighted by Crippen LogP contribution is -1.84. The van der Waals surface area contributed by atoms with E-state index in [1.54, 1.807) is 0 Å². The maximum atomic E-state index is 3.97. The maximum absolute atomic E-state index is 3.97. The highest BCUT2D eigenvalue weighted by Gasteiger charge is 1.82. The summed E-state index contributed by atoms with van der Waals surface area (Å²) in [6.45, 7) is 12.1. The van der Waals surface area contributed by atoms with Crippen molar-refractivity contribution in [2.75, 3.05) is 0 Å². The minimum absolute atomic E-state index is 0.829. The van der Waals surface area contributed by atoms with E-state index in [4.69, 9.17) is 0 Å². The summed E-state index contributed by atoms with van der Waals surface area (Å²) in [6, 6.07) is 0. The number of aromatic nitrogens is 2. The van der Waals surface area contributed by atoms with Crippen LogP contribution in [-0.2, 0) is 0 Å². The Morgan fingerprint density at radius 1 is 1.00 bits per heavy atom. The minimum Gasteiger partial charge on any atom is -0.241 e. The highest BCUT2D eigenvalue weighted by atomic mass is 14.8. The molecule has 13 heavy (non-hydrogen) atoms. The standard InChI is InChI=1S/C6H8N2.C3H8.C2H6/c1-5-3-7-6(2)8-4-5;1-3-2;1-2/h3-4H,1-2H3;3H2,1-2H3;1-2H3. The van der Waals surface area contributed by atoms with Crippen LogP contribution >= 0.6 is 0 Å². The summed E-state index contributed by atoms with van der Waals surface area (Å²) >= 11 is 0. The highest BCUT2D eigenvalue weighted by molar-refractivity contribution is 5.00. The Morgan fingerprint density at radius 3 is 1.54 bits per heavy atom. The van der Waals surface area contributed by atoms with Crippen LogP contribution in [0.25, 0.3) is 0 Å². The molecule has 0 N–H and O–H groups in total. The van der Waals surface area contributed by atoms with Crippen LogP contribution in [0.4, 0.5) is 0 Å². The van der Waals surface area contributed by atoms with Gasteiger partial charge in [0, 0.05) is 12.4 Å². The lowest BCUT2D eigenvalue weighted by atomic mass is 10.4. The zero-order chi connectivity index (χ0) is 10.7. The van der Waals surface area contributed by atoms with Crippen molar-refractivity contribution in [2.45, 2.75) is 48.0 Å². The molecule has 0 aliphatic carbocycles. The summed E-state index contributed by atoms with van der Waals surface area (Å²) in [5, 5.41) is 0. The first-order valence-electron chi connectivity index (χ1n) is 4.96. The zero-order valence-electron chi connectivity index (χ0n) is 9.76. The van der Waals surface area contributed by atoms with Crippen LogP contribution in [0.5, 0.6) is 0 Å². The Morgan fingerprint density at radius 2 is 1.31 bits per heavy atom. The third-order valence-electron chi connectivity index (χ3n) is 0.910. The van der Waals surface area contributed by atoms with Crippen molar-refractivity contribution < 1.29 is 0 Å². The monoisotopic (exact) mass is 182 g/mol. The molecule has 0 aliphatic heterocycles. The molecule has 0 aromatic carbocycles. The Labute approximate surface area is 82.4 Å². The van der Waals surface area contributed by atoms with Gasteiger partial charge in [-0.2, -0.15) is 0 Å². The second-order valence-electron chi connectivity index (χ2n) is 2.51. The molecule has 0 amide bonds. The van der Waals surface area contributed by atoms with Crippen LogP contribution < -0.4 is 0 Å². The van der Waals surface area contributed by atoms with Gasteiger partial charge in [0.2, 0.25) is 0 Å². The molecule has 2 nitrogen and oxygen atoms in total. The summed E-state index contributed by atoms with van der Waals surface area (Å²) in [6.07, 6.45) is 4.87. The molecular weight excluding hydrogens is 160 g/mol. The molecule has 0 bridgehead atoms. The van der Waals surface area contributed by atoms with Crippen molar-refractivity contribution in [3.8, 4) is 0 Å². The summed E-state index contributed by atoms with van der Waals surface area (Å²) in [5.74, 6) is 0.829. The molecule has 0 radical (unpaired) electrons. The van der Waals surface area contributed by atoms with E-state index in [9.17, 15) is 0 Å². The van der Waals surface area contributed by atoms with Gasteiger partial charge in [-0.15, -0.1) is 0 Å². The maximum Gasteiger partial charge on any atom is 0.125 e. The molecule has 0 unspecified atom stereocenters. The van der Waals surface area contributed by atoms with Crippen molar-refractivity contribution in [1.82, 2.24) is 9.97 Å². The molecular formula is C11H22N2. The van der Waals surface area contributed by atoms with Crippen molar-refractivity contribution >= 4 is 0 Å².